The third-order valence-electron chi connectivity index (χ3n) is 6.86. The summed E-state index contributed by atoms with van der Waals surface area (Å²) in [5.74, 6) is 2.54. The first kappa shape index (κ1) is 26.3. The summed E-state index contributed by atoms with van der Waals surface area (Å²) < 4.78 is 11.0. The Morgan fingerprint density at radius 3 is 2.46 bits per heavy atom. The van der Waals surface area contributed by atoms with E-state index in [1.54, 1.807) is 44.7 Å². The molecule has 0 bridgehead atoms. The fourth-order valence-electron chi connectivity index (χ4n) is 4.90. The zero-order valence-corrected chi connectivity index (χ0v) is 22.3. The second kappa shape index (κ2) is 12.0. The number of fused-ring (bicyclic) bond motifs is 1. The van der Waals surface area contributed by atoms with Gasteiger partial charge in [-0.25, -0.2) is 0 Å². The number of hydrogen-bond acceptors (Lipinski definition) is 8. The van der Waals surface area contributed by atoms with Crippen molar-refractivity contribution in [2.24, 2.45) is 0 Å². The number of ether oxygens (including phenoxy) is 2. The Morgan fingerprint density at radius 1 is 0.923 bits per heavy atom. The molecule has 9 heteroatoms. The highest BCUT2D eigenvalue weighted by Gasteiger charge is 2.28. The van der Waals surface area contributed by atoms with Crippen molar-refractivity contribution in [2.75, 3.05) is 33.9 Å². The molecule has 1 aliphatic rings. The smallest absolute Gasteiger partial charge is 0.254 e. The van der Waals surface area contributed by atoms with Crippen molar-refractivity contribution >= 4 is 16.8 Å². The maximum Gasteiger partial charge on any atom is 0.254 e. The first-order valence-corrected chi connectivity index (χ1v) is 12.8. The van der Waals surface area contributed by atoms with Gasteiger partial charge >= 0.3 is 0 Å². The zero-order valence-electron chi connectivity index (χ0n) is 22.3. The van der Waals surface area contributed by atoms with E-state index < -0.39 is 0 Å². The van der Waals surface area contributed by atoms with Gasteiger partial charge in [0, 0.05) is 60.6 Å². The Labute approximate surface area is 227 Å². The van der Waals surface area contributed by atoms with E-state index in [4.69, 9.17) is 19.1 Å². The van der Waals surface area contributed by atoms with Crippen molar-refractivity contribution < 1.29 is 23.9 Å². The fraction of sp³-hybridized carbons (Fsp3) is 0.267. The average molecular weight is 529 g/mol. The number of methoxy groups -OCH3 is 2. The zero-order chi connectivity index (χ0) is 27.2. The number of pyridine rings is 1. The van der Waals surface area contributed by atoms with Crippen molar-refractivity contribution in [3.8, 4) is 23.0 Å². The maximum atomic E-state index is 13.3. The van der Waals surface area contributed by atoms with Gasteiger partial charge in [-0.1, -0.05) is 30.3 Å². The van der Waals surface area contributed by atoms with Gasteiger partial charge in [-0.15, -0.1) is 0 Å². The van der Waals surface area contributed by atoms with Gasteiger partial charge in [-0.3, -0.25) is 14.7 Å². The van der Waals surface area contributed by atoms with Crippen LogP contribution < -0.4 is 24.8 Å². The maximum absolute atomic E-state index is 13.3. The molecule has 4 aromatic rings. The molecule has 0 saturated carbocycles. The van der Waals surface area contributed by atoms with Gasteiger partial charge in [0.1, 0.15) is 5.52 Å². The lowest BCUT2D eigenvalue weighted by Gasteiger charge is -2.40. The number of piperazine rings is 1. The van der Waals surface area contributed by atoms with Crippen LogP contribution in [0.4, 0.5) is 0 Å². The van der Waals surface area contributed by atoms with Crippen molar-refractivity contribution in [1.29, 1.82) is 0 Å². The first-order chi connectivity index (χ1) is 19.1. The molecule has 1 aromatic heterocycles. The summed E-state index contributed by atoms with van der Waals surface area (Å²) in [5, 5.41) is 0.967. The van der Waals surface area contributed by atoms with Crippen LogP contribution in [0.15, 0.2) is 79.0 Å². The van der Waals surface area contributed by atoms with E-state index in [1.807, 2.05) is 53.4 Å². The fourth-order valence-corrected chi connectivity index (χ4v) is 4.90. The molecule has 1 aliphatic heterocycles. The molecule has 0 radical (unpaired) electrons. The second-order valence-electron chi connectivity index (χ2n) is 9.38. The minimum absolute atomic E-state index is 0.00120. The molecular weight excluding hydrogens is 496 g/mol. The molecule has 5 rings (SSSR count). The molecule has 1 unspecified atom stereocenters. The number of benzene rings is 3. The van der Waals surface area contributed by atoms with Crippen LogP contribution in [-0.4, -0.2) is 60.6 Å². The molecule has 1 atom stereocenters. The van der Waals surface area contributed by atoms with Gasteiger partial charge in [0.05, 0.1) is 14.2 Å². The molecular formula is C30H32N4O5. The van der Waals surface area contributed by atoms with Gasteiger partial charge in [-0.2, -0.15) is 0 Å². The molecule has 1 fully saturated rings. The number of nitrogens with zero attached hydrogens (tertiary/aromatic N) is 3. The van der Waals surface area contributed by atoms with Gasteiger partial charge in [0.15, 0.2) is 23.0 Å². The third-order valence-corrected chi connectivity index (χ3v) is 6.86. The largest absolute Gasteiger partial charge is 0.493 e. The van der Waals surface area contributed by atoms with E-state index in [1.165, 1.54) is 0 Å². The number of aromatic nitrogens is 1. The Kier molecular flexibility index (Phi) is 8.10. The quantitative estimate of drug-likeness (QED) is 0.319. The average Bonchev–Trinajstić information content (AvgIpc) is 2.97. The highest BCUT2D eigenvalue weighted by Crippen LogP contribution is 2.32. The molecule has 0 aliphatic carbocycles. The molecule has 2 heterocycles. The standard InChI is InChI=1S/C30H32N4O5/c1-21-19-33(20-24-8-5-11-27(36-2)29(24)37-3)17-18-34(21)30(35)23-12-14-25(15-13-23)38-32-39-26-10-4-7-22-9-6-16-31-28(22)26/h4-16,21,32H,17-20H2,1-3H3. The van der Waals surface area contributed by atoms with E-state index in [9.17, 15) is 4.79 Å². The highest BCUT2D eigenvalue weighted by molar-refractivity contribution is 5.94. The van der Waals surface area contributed by atoms with Gasteiger partial charge in [0.25, 0.3) is 5.91 Å². The molecule has 0 spiro atoms. The Hall–Kier alpha value is -4.34. The van der Waals surface area contributed by atoms with Crippen LogP contribution in [0.25, 0.3) is 10.9 Å². The number of para-hydroxylation sites is 2. The SMILES string of the molecule is COc1cccc(CN2CCN(C(=O)c3ccc(ONOc4cccc5cccnc45)cc3)C(C)C2)c1OC. The molecule has 1 amide bonds. The van der Waals surface area contributed by atoms with Crippen LogP contribution in [0.5, 0.6) is 23.0 Å². The molecule has 39 heavy (non-hydrogen) atoms. The second-order valence-corrected chi connectivity index (χ2v) is 9.38. The Morgan fingerprint density at radius 2 is 1.69 bits per heavy atom. The van der Waals surface area contributed by atoms with E-state index >= 15 is 0 Å². The lowest BCUT2D eigenvalue weighted by Crippen LogP contribution is -2.53. The minimum Gasteiger partial charge on any atom is -0.493 e. The van der Waals surface area contributed by atoms with Crippen LogP contribution in [0.3, 0.4) is 0 Å². The van der Waals surface area contributed by atoms with E-state index in [0.29, 0.717) is 23.6 Å². The summed E-state index contributed by atoms with van der Waals surface area (Å²) in [6.07, 6.45) is 1.71. The van der Waals surface area contributed by atoms with Gasteiger partial charge in [0.2, 0.25) is 0 Å². The van der Waals surface area contributed by atoms with Crippen LogP contribution >= 0.6 is 0 Å². The summed E-state index contributed by atoms with van der Waals surface area (Å²) in [4.78, 5) is 33.0. The van der Waals surface area contributed by atoms with Crippen LogP contribution in [0, 0.1) is 0 Å². The topological polar surface area (TPSA) is 85.4 Å². The number of carbonyl (C=O) groups excluding carboxylic acids is 1. The number of hydrogen-bond donors (Lipinski definition) is 1. The molecule has 9 nitrogen and oxygen atoms in total. The Bertz CT molecular complexity index is 1420. The lowest BCUT2D eigenvalue weighted by atomic mass is 10.1. The number of rotatable bonds is 9. The first-order valence-electron chi connectivity index (χ1n) is 12.8. The predicted octanol–water partition coefficient (Wildman–Crippen LogP) is 4.48. The number of carbonyl (C=O) groups is 1. The lowest BCUT2D eigenvalue weighted by molar-refractivity contribution is -0.0181. The number of nitrogens with one attached hydrogen (secondary N) is 1. The van der Waals surface area contributed by atoms with Crippen LogP contribution in [-0.2, 0) is 6.54 Å². The molecule has 202 valence electrons. The summed E-state index contributed by atoms with van der Waals surface area (Å²) in [7, 11) is 3.30. The summed E-state index contributed by atoms with van der Waals surface area (Å²) in [6, 6.07) is 22.5. The third kappa shape index (κ3) is 5.89. The molecule has 1 N–H and O–H groups in total. The van der Waals surface area contributed by atoms with Crippen LogP contribution in [0.2, 0.25) is 0 Å². The van der Waals surface area contributed by atoms with E-state index in [-0.39, 0.29) is 11.9 Å². The normalized spacial score (nSPS) is 15.7. The van der Waals surface area contributed by atoms with Crippen molar-refractivity contribution in [1.82, 2.24) is 20.4 Å². The van der Waals surface area contributed by atoms with Crippen LogP contribution in [0.1, 0.15) is 22.8 Å². The summed E-state index contributed by atoms with van der Waals surface area (Å²) in [5.41, 5.74) is 4.91. The van der Waals surface area contributed by atoms with Gasteiger partial charge in [-0.05, 0) is 49.4 Å². The van der Waals surface area contributed by atoms with E-state index in [2.05, 4.69) is 22.5 Å². The Balaban J connectivity index is 1.15. The van der Waals surface area contributed by atoms with Gasteiger partial charge < -0.3 is 24.0 Å². The summed E-state index contributed by atoms with van der Waals surface area (Å²) >= 11 is 0. The number of amides is 1. The monoisotopic (exact) mass is 528 g/mol. The minimum atomic E-state index is -0.00120. The highest BCUT2D eigenvalue weighted by atomic mass is 16.9. The van der Waals surface area contributed by atoms with Crippen molar-refractivity contribution in [3.63, 3.8) is 0 Å². The van der Waals surface area contributed by atoms with Crippen molar-refractivity contribution in [2.45, 2.75) is 19.5 Å². The summed E-state index contributed by atoms with van der Waals surface area (Å²) in [6.45, 7) is 4.97. The molecule has 3 aromatic carbocycles. The predicted molar refractivity (Wildman–Crippen MR) is 148 cm³/mol. The molecule has 1 saturated heterocycles. The van der Waals surface area contributed by atoms with Crippen molar-refractivity contribution in [3.05, 3.63) is 90.1 Å². The van der Waals surface area contributed by atoms with E-state index in [0.717, 1.165) is 47.6 Å².